The lowest BCUT2D eigenvalue weighted by Crippen LogP contribution is -2.30. The summed E-state index contributed by atoms with van der Waals surface area (Å²) in [7, 11) is 0. The van der Waals surface area contributed by atoms with Crippen molar-refractivity contribution in [1.29, 1.82) is 0 Å². The number of anilines is 1. The molecule has 0 radical (unpaired) electrons. The van der Waals surface area contributed by atoms with Gasteiger partial charge in [0.2, 0.25) is 0 Å². The van der Waals surface area contributed by atoms with E-state index in [0.717, 1.165) is 17.0 Å². The van der Waals surface area contributed by atoms with E-state index in [-0.39, 0.29) is 5.91 Å². The molecule has 0 spiro atoms. The normalized spacial score (nSPS) is 11.6. The second kappa shape index (κ2) is 9.28. The fraction of sp³-hybridized carbons (Fsp3) is 0.174. The fourth-order valence-corrected chi connectivity index (χ4v) is 3.36. The standard InChI is InChI=1S/C23H23NO2S/c1-17-8-14-21(15-9-17)26-18(2)23(25)24-20-12-10-19(11-13-20)16-27-22-6-4-3-5-7-22/h3-15,18H,16H2,1-2H3,(H,24,25)/t18-/m1/s1. The van der Waals surface area contributed by atoms with Crippen LogP contribution in [0, 0.1) is 6.92 Å². The predicted octanol–water partition coefficient (Wildman–Crippen LogP) is 5.69. The third kappa shape index (κ3) is 5.90. The molecule has 3 rings (SSSR count). The van der Waals surface area contributed by atoms with Crippen LogP contribution in [-0.4, -0.2) is 12.0 Å². The van der Waals surface area contributed by atoms with E-state index in [1.807, 2.05) is 73.7 Å². The minimum atomic E-state index is -0.569. The van der Waals surface area contributed by atoms with Gasteiger partial charge in [0.25, 0.3) is 5.91 Å². The SMILES string of the molecule is Cc1ccc(O[C@H](C)C(=O)Nc2ccc(CSc3ccccc3)cc2)cc1. The first-order valence-electron chi connectivity index (χ1n) is 8.91. The Bertz CT molecular complexity index is 861. The number of amides is 1. The molecule has 3 aromatic rings. The fourth-order valence-electron chi connectivity index (χ4n) is 2.49. The predicted molar refractivity (Wildman–Crippen MR) is 112 cm³/mol. The Kier molecular flexibility index (Phi) is 6.55. The monoisotopic (exact) mass is 377 g/mol. The maximum atomic E-state index is 12.3. The first-order chi connectivity index (χ1) is 13.1. The molecule has 0 bridgehead atoms. The Labute approximate surface area is 164 Å². The third-order valence-electron chi connectivity index (χ3n) is 4.07. The zero-order valence-corrected chi connectivity index (χ0v) is 16.3. The lowest BCUT2D eigenvalue weighted by molar-refractivity contribution is -0.122. The van der Waals surface area contributed by atoms with E-state index in [1.165, 1.54) is 10.5 Å². The molecule has 0 aliphatic carbocycles. The van der Waals surface area contributed by atoms with Gasteiger partial charge >= 0.3 is 0 Å². The topological polar surface area (TPSA) is 38.3 Å². The van der Waals surface area contributed by atoms with Gasteiger partial charge in [0.1, 0.15) is 5.75 Å². The Hall–Kier alpha value is -2.72. The lowest BCUT2D eigenvalue weighted by Gasteiger charge is -2.15. The quantitative estimate of drug-likeness (QED) is 0.537. The summed E-state index contributed by atoms with van der Waals surface area (Å²) in [5.74, 6) is 1.42. The van der Waals surface area contributed by atoms with Crippen LogP contribution in [0.15, 0.2) is 83.8 Å². The average Bonchev–Trinajstić information content (AvgIpc) is 2.70. The first kappa shape index (κ1) is 19.1. The van der Waals surface area contributed by atoms with E-state index in [2.05, 4.69) is 17.4 Å². The number of thioether (sulfide) groups is 1. The Morgan fingerprint density at radius 1 is 0.963 bits per heavy atom. The van der Waals surface area contributed by atoms with Gasteiger partial charge < -0.3 is 10.1 Å². The van der Waals surface area contributed by atoms with Crippen LogP contribution in [-0.2, 0) is 10.5 Å². The van der Waals surface area contributed by atoms with Crippen LogP contribution in [0.3, 0.4) is 0 Å². The van der Waals surface area contributed by atoms with Crippen molar-refractivity contribution in [3.63, 3.8) is 0 Å². The Balaban J connectivity index is 1.51. The molecule has 3 aromatic carbocycles. The highest BCUT2D eigenvalue weighted by Gasteiger charge is 2.14. The molecule has 3 nitrogen and oxygen atoms in total. The molecule has 4 heteroatoms. The van der Waals surface area contributed by atoms with Crippen LogP contribution in [0.5, 0.6) is 5.75 Å². The maximum Gasteiger partial charge on any atom is 0.265 e. The molecule has 27 heavy (non-hydrogen) atoms. The van der Waals surface area contributed by atoms with Gasteiger partial charge in [0.05, 0.1) is 0 Å². The molecule has 138 valence electrons. The van der Waals surface area contributed by atoms with Crippen LogP contribution in [0.4, 0.5) is 5.69 Å². The molecule has 0 fully saturated rings. The molecular formula is C23H23NO2S. The maximum absolute atomic E-state index is 12.3. The summed E-state index contributed by atoms with van der Waals surface area (Å²) in [4.78, 5) is 13.6. The molecule has 0 aliphatic heterocycles. The van der Waals surface area contributed by atoms with Crippen molar-refractivity contribution in [1.82, 2.24) is 0 Å². The number of hydrogen-bond donors (Lipinski definition) is 1. The van der Waals surface area contributed by atoms with Gasteiger partial charge in [-0.1, -0.05) is 48.0 Å². The van der Waals surface area contributed by atoms with E-state index in [1.54, 1.807) is 18.7 Å². The van der Waals surface area contributed by atoms with Crippen molar-refractivity contribution in [2.75, 3.05) is 5.32 Å². The second-order valence-electron chi connectivity index (χ2n) is 6.36. The van der Waals surface area contributed by atoms with Crippen molar-refractivity contribution < 1.29 is 9.53 Å². The van der Waals surface area contributed by atoms with Crippen LogP contribution >= 0.6 is 11.8 Å². The van der Waals surface area contributed by atoms with Crippen molar-refractivity contribution >= 4 is 23.4 Å². The molecule has 0 unspecified atom stereocenters. The van der Waals surface area contributed by atoms with Crippen molar-refractivity contribution in [2.24, 2.45) is 0 Å². The van der Waals surface area contributed by atoms with Crippen LogP contribution in [0.1, 0.15) is 18.1 Å². The summed E-state index contributed by atoms with van der Waals surface area (Å²) in [6, 6.07) is 25.9. The summed E-state index contributed by atoms with van der Waals surface area (Å²) in [5, 5.41) is 2.90. The molecule has 1 amide bonds. The highest BCUT2D eigenvalue weighted by molar-refractivity contribution is 7.98. The van der Waals surface area contributed by atoms with Crippen molar-refractivity contribution in [3.05, 3.63) is 90.0 Å². The average molecular weight is 378 g/mol. The Morgan fingerprint density at radius 3 is 2.30 bits per heavy atom. The van der Waals surface area contributed by atoms with Crippen LogP contribution in [0.2, 0.25) is 0 Å². The van der Waals surface area contributed by atoms with Gasteiger partial charge in [0.15, 0.2) is 6.10 Å². The molecule has 1 N–H and O–H groups in total. The summed E-state index contributed by atoms with van der Waals surface area (Å²) in [6.07, 6.45) is -0.569. The van der Waals surface area contributed by atoms with Gasteiger partial charge in [-0.05, 0) is 55.8 Å². The molecule has 0 aliphatic rings. The second-order valence-corrected chi connectivity index (χ2v) is 7.41. The van der Waals surface area contributed by atoms with Crippen LogP contribution in [0.25, 0.3) is 0 Å². The third-order valence-corrected chi connectivity index (χ3v) is 5.16. The smallest absolute Gasteiger partial charge is 0.265 e. The lowest BCUT2D eigenvalue weighted by atomic mass is 10.2. The molecule has 0 aromatic heterocycles. The summed E-state index contributed by atoms with van der Waals surface area (Å²) in [6.45, 7) is 3.77. The number of nitrogens with one attached hydrogen (secondary N) is 1. The summed E-state index contributed by atoms with van der Waals surface area (Å²) < 4.78 is 5.70. The number of carbonyl (C=O) groups is 1. The van der Waals surface area contributed by atoms with E-state index in [0.29, 0.717) is 5.75 Å². The molecule has 0 heterocycles. The van der Waals surface area contributed by atoms with Gasteiger partial charge in [-0.25, -0.2) is 0 Å². The largest absolute Gasteiger partial charge is 0.481 e. The van der Waals surface area contributed by atoms with Gasteiger partial charge in [-0.3, -0.25) is 4.79 Å². The number of hydrogen-bond acceptors (Lipinski definition) is 3. The number of carbonyl (C=O) groups excluding carboxylic acids is 1. The van der Waals surface area contributed by atoms with E-state index in [4.69, 9.17) is 4.74 Å². The van der Waals surface area contributed by atoms with E-state index >= 15 is 0 Å². The molecule has 0 saturated heterocycles. The zero-order valence-electron chi connectivity index (χ0n) is 15.5. The van der Waals surface area contributed by atoms with E-state index < -0.39 is 6.10 Å². The van der Waals surface area contributed by atoms with E-state index in [9.17, 15) is 4.79 Å². The van der Waals surface area contributed by atoms with Crippen molar-refractivity contribution in [3.8, 4) is 5.75 Å². The number of aryl methyl sites for hydroxylation is 1. The number of rotatable bonds is 7. The van der Waals surface area contributed by atoms with Gasteiger partial charge in [-0.2, -0.15) is 0 Å². The zero-order chi connectivity index (χ0) is 19.1. The Morgan fingerprint density at radius 2 is 1.63 bits per heavy atom. The molecular weight excluding hydrogens is 354 g/mol. The number of ether oxygens (including phenoxy) is 1. The first-order valence-corrected chi connectivity index (χ1v) is 9.90. The van der Waals surface area contributed by atoms with Gasteiger partial charge in [0, 0.05) is 16.3 Å². The minimum Gasteiger partial charge on any atom is -0.481 e. The van der Waals surface area contributed by atoms with Gasteiger partial charge in [-0.15, -0.1) is 11.8 Å². The molecule has 1 atom stereocenters. The molecule has 0 saturated carbocycles. The van der Waals surface area contributed by atoms with Crippen LogP contribution < -0.4 is 10.1 Å². The number of benzene rings is 3. The summed E-state index contributed by atoms with van der Waals surface area (Å²) >= 11 is 1.79. The summed E-state index contributed by atoms with van der Waals surface area (Å²) in [5.41, 5.74) is 3.14. The van der Waals surface area contributed by atoms with Crippen molar-refractivity contribution in [2.45, 2.75) is 30.6 Å². The highest BCUT2D eigenvalue weighted by atomic mass is 32.2. The highest BCUT2D eigenvalue weighted by Crippen LogP contribution is 2.23. The minimum absolute atomic E-state index is 0.165.